The number of carbonyl (C=O) groups excluding carboxylic acids is 1. The van der Waals surface area contributed by atoms with Gasteiger partial charge in [0.25, 0.3) is 0 Å². The lowest BCUT2D eigenvalue weighted by Crippen LogP contribution is -2.48. The van der Waals surface area contributed by atoms with Crippen molar-refractivity contribution in [2.24, 2.45) is 22.6 Å². The van der Waals surface area contributed by atoms with Gasteiger partial charge in [0.2, 0.25) is 5.91 Å². The average Bonchev–Trinajstić information content (AvgIpc) is 2.56. The molecule has 3 N–H and O–H groups in total. The lowest BCUT2D eigenvalue weighted by atomic mass is 9.95. The Labute approximate surface area is 170 Å². The van der Waals surface area contributed by atoms with Crippen LogP contribution >= 0.6 is 24.0 Å². The summed E-state index contributed by atoms with van der Waals surface area (Å²) >= 11 is 0. The lowest BCUT2D eigenvalue weighted by molar-refractivity contribution is -0.119. The highest BCUT2D eigenvalue weighted by Gasteiger charge is 2.24. The van der Waals surface area contributed by atoms with E-state index in [1.54, 1.807) is 0 Å². The molecule has 2 unspecified atom stereocenters. The monoisotopic (exact) mass is 465 g/mol. The number of halogens is 1. The molecule has 2 saturated heterocycles. The second kappa shape index (κ2) is 11.9. The van der Waals surface area contributed by atoms with E-state index in [0.29, 0.717) is 18.3 Å². The average molecular weight is 465 g/mol. The largest absolute Gasteiger partial charge is 0.370 e. The molecule has 2 aliphatic rings. The number of rotatable bonds is 6. The molecule has 2 atom stereocenters. The zero-order valence-electron chi connectivity index (χ0n) is 15.9. The van der Waals surface area contributed by atoms with E-state index in [0.717, 1.165) is 45.0 Å². The smallest absolute Gasteiger partial charge is 0.217 e. The van der Waals surface area contributed by atoms with Crippen LogP contribution in [0.2, 0.25) is 0 Å². The van der Waals surface area contributed by atoms with Crippen LogP contribution in [0, 0.1) is 11.8 Å². The molecule has 0 aromatic carbocycles. The van der Waals surface area contributed by atoms with Gasteiger partial charge in [-0.15, -0.1) is 24.0 Å². The fraction of sp³-hybridized carbons (Fsp3) is 0.889. The SMILES string of the molecule is CN=C(NCC(C)CN1CCCCC1)N1CCCC(CC(N)=O)C1.I. The van der Waals surface area contributed by atoms with E-state index < -0.39 is 0 Å². The van der Waals surface area contributed by atoms with Crippen LogP contribution in [-0.2, 0) is 4.79 Å². The van der Waals surface area contributed by atoms with Gasteiger partial charge in [-0.25, -0.2) is 0 Å². The van der Waals surface area contributed by atoms with E-state index in [4.69, 9.17) is 5.73 Å². The molecule has 0 aliphatic carbocycles. The van der Waals surface area contributed by atoms with Gasteiger partial charge in [0.05, 0.1) is 0 Å². The van der Waals surface area contributed by atoms with Gasteiger partial charge in [0.15, 0.2) is 5.96 Å². The molecule has 1 amide bonds. The summed E-state index contributed by atoms with van der Waals surface area (Å²) in [7, 11) is 1.84. The Hall–Kier alpha value is -0.570. The van der Waals surface area contributed by atoms with Crippen molar-refractivity contribution in [3.05, 3.63) is 0 Å². The van der Waals surface area contributed by atoms with E-state index in [9.17, 15) is 4.79 Å². The minimum Gasteiger partial charge on any atom is -0.370 e. The third-order valence-electron chi connectivity index (χ3n) is 5.15. The van der Waals surface area contributed by atoms with Gasteiger partial charge in [0.1, 0.15) is 0 Å². The van der Waals surface area contributed by atoms with E-state index in [1.807, 2.05) is 7.05 Å². The van der Waals surface area contributed by atoms with E-state index in [2.05, 4.69) is 27.0 Å². The van der Waals surface area contributed by atoms with Gasteiger partial charge < -0.3 is 20.9 Å². The first-order valence-corrected chi connectivity index (χ1v) is 9.54. The number of nitrogens with two attached hydrogens (primary N) is 1. The highest BCUT2D eigenvalue weighted by molar-refractivity contribution is 14.0. The van der Waals surface area contributed by atoms with Gasteiger partial charge in [0, 0.05) is 39.6 Å². The predicted molar refractivity (Wildman–Crippen MR) is 114 cm³/mol. The van der Waals surface area contributed by atoms with Gasteiger partial charge in [-0.05, 0) is 50.6 Å². The highest BCUT2D eigenvalue weighted by Crippen LogP contribution is 2.19. The second-order valence-corrected chi connectivity index (χ2v) is 7.52. The van der Waals surface area contributed by atoms with Gasteiger partial charge >= 0.3 is 0 Å². The molecule has 2 aliphatic heterocycles. The lowest BCUT2D eigenvalue weighted by Gasteiger charge is -2.35. The van der Waals surface area contributed by atoms with Crippen molar-refractivity contribution in [2.75, 3.05) is 46.3 Å². The minimum atomic E-state index is -0.194. The quantitative estimate of drug-likeness (QED) is 0.357. The van der Waals surface area contributed by atoms with Crippen molar-refractivity contribution >= 4 is 35.8 Å². The van der Waals surface area contributed by atoms with Gasteiger partial charge in [-0.3, -0.25) is 9.79 Å². The Balaban J connectivity index is 0.00000312. The number of nitrogens with one attached hydrogen (secondary N) is 1. The van der Waals surface area contributed by atoms with Crippen LogP contribution in [0.4, 0.5) is 0 Å². The predicted octanol–water partition coefficient (Wildman–Crippen LogP) is 1.89. The van der Waals surface area contributed by atoms with Crippen molar-refractivity contribution in [1.29, 1.82) is 0 Å². The summed E-state index contributed by atoms with van der Waals surface area (Å²) in [6.45, 7) is 8.80. The fourth-order valence-electron chi connectivity index (χ4n) is 3.95. The maximum Gasteiger partial charge on any atom is 0.217 e. The van der Waals surface area contributed by atoms with Crippen LogP contribution in [0.5, 0.6) is 0 Å². The van der Waals surface area contributed by atoms with Crippen LogP contribution in [0.25, 0.3) is 0 Å². The van der Waals surface area contributed by atoms with Crippen molar-refractivity contribution in [3.63, 3.8) is 0 Å². The molecule has 6 nitrogen and oxygen atoms in total. The summed E-state index contributed by atoms with van der Waals surface area (Å²) < 4.78 is 0. The number of guanidine groups is 1. The number of carbonyl (C=O) groups is 1. The first kappa shape index (κ1) is 22.5. The van der Waals surface area contributed by atoms with Gasteiger partial charge in [-0.2, -0.15) is 0 Å². The standard InChI is InChI=1S/C18H35N5O.HI/c1-15(13-22-8-4-3-5-9-22)12-21-18(20-2)23-10-6-7-16(14-23)11-17(19)24;/h15-16H,3-14H2,1-2H3,(H2,19,24)(H,20,21);1H. The number of hydrogen-bond acceptors (Lipinski definition) is 3. The minimum absolute atomic E-state index is 0. The van der Waals surface area contributed by atoms with E-state index in [1.165, 1.54) is 32.4 Å². The molecule has 0 aromatic rings. The molecular formula is C18H36IN5O. The van der Waals surface area contributed by atoms with E-state index in [-0.39, 0.29) is 29.9 Å². The van der Waals surface area contributed by atoms with Crippen LogP contribution in [0.15, 0.2) is 4.99 Å². The molecule has 2 heterocycles. The second-order valence-electron chi connectivity index (χ2n) is 7.52. The van der Waals surface area contributed by atoms with E-state index >= 15 is 0 Å². The first-order chi connectivity index (χ1) is 11.6. The number of aliphatic imine (C=N–C) groups is 1. The van der Waals surface area contributed by atoms with Crippen molar-refractivity contribution in [1.82, 2.24) is 15.1 Å². The zero-order valence-corrected chi connectivity index (χ0v) is 18.2. The van der Waals surface area contributed by atoms with Crippen LogP contribution < -0.4 is 11.1 Å². The Morgan fingerprint density at radius 3 is 2.60 bits per heavy atom. The Morgan fingerprint density at radius 1 is 1.24 bits per heavy atom. The van der Waals surface area contributed by atoms with Crippen LogP contribution in [0.1, 0.15) is 45.4 Å². The fourth-order valence-corrected chi connectivity index (χ4v) is 3.95. The molecule has 2 fully saturated rings. The summed E-state index contributed by atoms with van der Waals surface area (Å²) in [5.41, 5.74) is 5.36. The number of likely N-dealkylation sites (tertiary alicyclic amines) is 2. The molecule has 2 rings (SSSR count). The van der Waals surface area contributed by atoms with Crippen molar-refractivity contribution in [3.8, 4) is 0 Å². The molecule has 0 aromatic heterocycles. The summed E-state index contributed by atoms with van der Waals surface area (Å²) in [5, 5.41) is 3.54. The third kappa shape index (κ3) is 8.11. The Bertz CT molecular complexity index is 426. The van der Waals surface area contributed by atoms with Crippen LogP contribution in [0.3, 0.4) is 0 Å². The molecule has 7 heteroatoms. The molecule has 0 radical (unpaired) electrons. The summed E-state index contributed by atoms with van der Waals surface area (Å²) in [6, 6.07) is 0. The maximum absolute atomic E-state index is 11.2. The Morgan fingerprint density at radius 2 is 1.96 bits per heavy atom. The van der Waals surface area contributed by atoms with Crippen molar-refractivity contribution in [2.45, 2.75) is 45.4 Å². The molecule has 0 bridgehead atoms. The van der Waals surface area contributed by atoms with Crippen molar-refractivity contribution < 1.29 is 4.79 Å². The number of amides is 1. The normalized spacial score (nSPS) is 23.7. The first-order valence-electron chi connectivity index (χ1n) is 9.54. The van der Waals surface area contributed by atoms with Gasteiger partial charge in [-0.1, -0.05) is 13.3 Å². The Kier molecular flexibility index (Phi) is 10.7. The third-order valence-corrected chi connectivity index (χ3v) is 5.15. The summed E-state index contributed by atoms with van der Waals surface area (Å²) in [6.07, 6.45) is 6.74. The van der Waals surface area contributed by atoms with Crippen LogP contribution in [-0.4, -0.2) is 68.0 Å². The summed E-state index contributed by atoms with van der Waals surface area (Å²) in [4.78, 5) is 20.5. The molecule has 25 heavy (non-hydrogen) atoms. The number of piperidine rings is 2. The summed E-state index contributed by atoms with van der Waals surface area (Å²) in [5.74, 6) is 1.74. The molecule has 146 valence electrons. The molecule has 0 spiro atoms. The maximum atomic E-state index is 11.2. The molecular weight excluding hydrogens is 429 g/mol. The number of hydrogen-bond donors (Lipinski definition) is 2. The zero-order chi connectivity index (χ0) is 17.4. The highest BCUT2D eigenvalue weighted by atomic mass is 127. The number of nitrogens with zero attached hydrogens (tertiary/aromatic N) is 3. The molecule has 0 saturated carbocycles. The number of primary amides is 1. The topological polar surface area (TPSA) is 74.0 Å².